The van der Waals surface area contributed by atoms with Gasteiger partial charge in [-0.15, -0.1) is 0 Å². The van der Waals surface area contributed by atoms with E-state index in [0.29, 0.717) is 10.0 Å². The molecule has 19 heavy (non-hydrogen) atoms. The first-order chi connectivity index (χ1) is 8.65. The Labute approximate surface area is 120 Å². The van der Waals surface area contributed by atoms with Crippen LogP contribution in [0.5, 0.6) is 0 Å². The van der Waals surface area contributed by atoms with Crippen LogP contribution in [0.15, 0.2) is 21.5 Å². The molecule has 0 bridgehead atoms. The first-order valence-corrected chi connectivity index (χ1v) is 8.00. The minimum Gasteiger partial charge on any atom is -0.478 e. The Kier molecular flexibility index (Phi) is 3.49. The van der Waals surface area contributed by atoms with Crippen LogP contribution in [-0.2, 0) is 10.0 Å². The average Bonchev–Trinajstić information content (AvgIpc) is 2.98. The number of carboxylic acid groups (broad SMARTS) is 1. The number of halogens is 1. The van der Waals surface area contributed by atoms with E-state index in [0.717, 1.165) is 12.8 Å². The van der Waals surface area contributed by atoms with Crippen molar-refractivity contribution in [2.75, 3.05) is 0 Å². The predicted molar refractivity (Wildman–Crippen MR) is 73.8 cm³/mol. The van der Waals surface area contributed by atoms with Crippen LogP contribution in [0.4, 0.5) is 0 Å². The lowest BCUT2D eigenvalue weighted by molar-refractivity contribution is 0.0696. The number of benzene rings is 1. The summed E-state index contributed by atoms with van der Waals surface area (Å²) in [6.45, 7) is 3.49. The largest absolute Gasteiger partial charge is 0.478 e. The van der Waals surface area contributed by atoms with Crippen LogP contribution >= 0.6 is 15.9 Å². The lowest BCUT2D eigenvalue weighted by Crippen LogP contribution is -2.34. The zero-order valence-electron chi connectivity index (χ0n) is 10.5. The Hall–Kier alpha value is -0.920. The average molecular weight is 348 g/mol. The van der Waals surface area contributed by atoms with Gasteiger partial charge in [-0.3, -0.25) is 0 Å². The lowest BCUT2D eigenvalue weighted by atomic mass is 10.1. The van der Waals surface area contributed by atoms with Crippen molar-refractivity contribution in [3.8, 4) is 0 Å². The number of rotatable bonds is 4. The molecule has 104 valence electrons. The van der Waals surface area contributed by atoms with Gasteiger partial charge in [-0.2, -0.15) is 0 Å². The summed E-state index contributed by atoms with van der Waals surface area (Å²) in [6, 6.07) is 2.61. The molecule has 0 unspecified atom stereocenters. The molecule has 5 nitrogen and oxygen atoms in total. The normalized spacial score (nSPS) is 17.2. The second-order valence-electron chi connectivity index (χ2n) is 5.08. The highest BCUT2D eigenvalue weighted by Crippen LogP contribution is 2.37. The van der Waals surface area contributed by atoms with Crippen LogP contribution in [0.3, 0.4) is 0 Å². The third-order valence-electron chi connectivity index (χ3n) is 3.14. The number of hydrogen-bond donors (Lipinski definition) is 2. The topological polar surface area (TPSA) is 83.5 Å². The number of hydrogen-bond acceptors (Lipinski definition) is 3. The van der Waals surface area contributed by atoms with Gasteiger partial charge >= 0.3 is 5.97 Å². The lowest BCUT2D eigenvalue weighted by Gasteiger charge is -2.15. The van der Waals surface area contributed by atoms with Crippen LogP contribution in [0.25, 0.3) is 0 Å². The van der Waals surface area contributed by atoms with Gasteiger partial charge in [0, 0.05) is 10.0 Å². The van der Waals surface area contributed by atoms with Crippen molar-refractivity contribution in [3.05, 3.63) is 27.7 Å². The summed E-state index contributed by atoms with van der Waals surface area (Å²) in [4.78, 5) is 11.0. The van der Waals surface area contributed by atoms with Crippen LogP contribution in [-0.4, -0.2) is 25.0 Å². The number of sulfonamides is 1. The molecule has 0 amide bonds. The zero-order valence-corrected chi connectivity index (χ0v) is 12.9. The van der Waals surface area contributed by atoms with Crippen molar-refractivity contribution in [2.24, 2.45) is 0 Å². The SMILES string of the molecule is Cc1cc(C(=O)O)cc(S(=O)(=O)NC2(C)CC2)c1Br. The van der Waals surface area contributed by atoms with Gasteiger partial charge in [-0.1, -0.05) is 0 Å². The second kappa shape index (κ2) is 4.57. The van der Waals surface area contributed by atoms with Crippen LogP contribution in [0.2, 0.25) is 0 Å². The highest BCUT2D eigenvalue weighted by atomic mass is 79.9. The molecular weight excluding hydrogens is 334 g/mol. The van der Waals surface area contributed by atoms with E-state index in [4.69, 9.17) is 5.11 Å². The van der Waals surface area contributed by atoms with Gasteiger partial charge in [-0.25, -0.2) is 17.9 Å². The summed E-state index contributed by atoms with van der Waals surface area (Å²) in [6.07, 6.45) is 1.59. The van der Waals surface area contributed by atoms with Gasteiger partial charge in [0.1, 0.15) is 0 Å². The van der Waals surface area contributed by atoms with Crippen molar-refractivity contribution in [1.29, 1.82) is 0 Å². The second-order valence-corrected chi connectivity index (χ2v) is 7.52. The smallest absolute Gasteiger partial charge is 0.335 e. The van der Waals surface area contributed by atoms with E-state index in [2.05, 4.69) is 20.7 Å². The van der Waals surface area contributed by atoms with Crippen molar-refractivity contribution in [3.63, 3.8) is 0 Å². The van der Waals surface area contributed by atoms with E-state index in [-0.39, 0.29) is 10.5 Å². The zero-order chi connectivity index (χ0) is 14.4. The van der Waals surface area contributed by atoms with Gasteiger partial charge in [0.2, 0.25) is 10.0 Å². The standard InChI is InChI=1S/C12H14BrNO4S/c1-7-5-8(11(15)16)6-9(10(7)13)19(17,18)14-12(2)3-4-12/h5-6,14H,3-4H2,1-2H3,(H,15,16). The van der Waals surface area contributed by atoms with E-state index in [1.807, 2.05) is 6.92 Å². The molecule has 0 aromatic heterocycles. The molecule has 2 N–H and O–H groups in total. The quantitative estimate of drug-likeness (QED) is 0.875. The van der Waals surface area contributed by atoms with Crippen LogP contribution < -0.4 is 4.72 Å². The summed E-state index contributed by atoms with van der Waals surface area (Å²) in [7, 11) is -3.72. The molecule has 1 aromatic carbocycles. The Morgan fingerprint density at radius 1 is 1.42 bits per heavy atom. The van der Waals surface area contributed by atoms with Crippen molar-refractivity contribution < 1.29 is 18.3 Å². The molecule has 0 heterocycles. The molecule has 2 rings (SSSR count). The van der Waals surface area contributed by atoms with Crippen molar-refractivity contribution >= 4 is 31.9 Å². The summed E-state index contributed by atoms with van der Waals surface area (Å²) in [5, 5.41) is 9.00. The Balaban J connectivity index is 2.51. The van der Waals surface area contributed by atoms with Gasteiger partial charge in [0.25, 0.3) is 0 Å². The number of aryl methyl sites for hydroxylation is 1. The maximum atomic E-state index is 12.3. The molecule has 0 spiro atoms. The van der Waals surface area contributed by atoms with E-state index >= 15 is 0 Å². The monoisotopic (exact) mass is 347 g/mol. The highest BCUT2D eigenvalue weighted by molar-refractivity contribution is 9.10. The van der Waals surface area contributed by atoms with Crippen molar-refractivity contribution in [2.45, 2.75) is 37.1 Å². The fraction of sp³-hybridized carbons (Fsp3) is 0.417. The van der Waals surface area contributed by atoms with Gasteiger partial charge < -0.3 is 5.11 Å². The van der Waals surface area contributed by atoms with Gasteiger partial charge in [-0.05, 0) is 60.3 Å². The Bertz CT molecular complexity index is 650. The molecule has 1 saturated carbocycles. The molecule has 7 heteroatoms. The third kappa shape index (κ3) is 2.98. The number of carboxylic acids is 1. The number of nitrogens with one attached hydrogen (secondary N) is 1. The van der Waals surface area contributed by atoms with Gasteiger partial charge in [0.15, 0.2) is 0 Å². The minimum atomic E-state index is -3.72. The highest BCUT2D eigenvalue weighted by Gasteiger charge is 2.41. The molecule has 1 aliphatic carbocycles. The van der Waals surface area contributed by atoms with Gasteiger partial charge in [0.05, 0.1) is 10.5 Å². The van der Waals surface area contributed by atoms with Crippen LogP contribution in [0.1, 0.15) is 35.7 Å². The maximum absolute atomic E-state index is 12.3. The molecule has 0 aliphatic heterocycles. The molecule has 1 aliphatic rings. The maximum Gasteiger partial charge on any atom is 0.335 e. The summed E-state index contributed by atoms with van der Waals surface area (Å²) in [5.41, 5.74) is 0.133. The molecular formula is C12H14BrNO4S. The number of aromatic carboxylic acids is 1. The first-order valence-electron chi connectivity index (χ1n) is 5.72. The summed E-state index contributed by atoms with van der Waals surface area (Å²) < 4.78 is 27.6. The molecule has 1 aromatic rings. The Morgan fingerprint density at radius 2 is 2.00 bits per heavy atom. The molecule has 0 saturated heterocycles. The third-order valence-corrected chi connectivity index (χ3v) is 6.12. The van der Waals surface area contributed by atoms with E-state index < -0.39 is 21.5 Å². The molecule has 0 atom stereocenters. The first kappa shape index (κ1) is 14.5. The van der Waals surface area contributed by atoms with Crippen LogP contribution in [0, 0.1) is 6.92 Å². The fourth-order valence-electron chi connectivity index (χ4n) is 1.73. The van der Waals surface area contributed by atoms with E-state index in [1.54, 1.807) is 6.92 Å². The molecule has 1 fully saturated rings. The predicted octanol–water partition coefficient (Wildman–Crippen LogP) is 2.29. The van der Waals surface area contributed by atoms with E-state index in [1.165, 1.54) is 12.1 Å². The van der Waals surface area contributed by atoms with E-state index in [9.17, 15) is 13.2 Å². The summed E-state index contributed by atoms with van der Waals surface area (Å²) >= 11 is 3.22. The Morgan fingerprint density at radius 3 is 2.47 bits per heavy atom. The number of carbonyl (C=O) groups is 1. The van der Waals surface area contributed by atoms with Crippen molar-refractivity contribution in [1.82, 2.24) is 4.72 Å². The molecule has 0 radical (unpaired) electrons. The fourth-order valence-corrected chi connectivity index (χ4v) is 4.24. The minimum absolute atomic E-state index is 0.0296. The summed E-state index contributed by atoms with van der Waals surface area (Å²) in [5.74, 6) is -1.15.